The van der Waals surface area contributed by atoms with Gasteiger partial charge in [0, 0.05) is 35.5 Å². The van der Waals surface area contributed by atoms with E-state index in [0.29, 0.717) is 17.1 Å². The van der Waals surface area contributed by atoms with E-state index in [9.17, 15) is 8.60 Å². The Morgan fingerprint density at radius 2 is 1.85 bits per heavy atom. The van der Waals surface area contributed by atoms with Gasteiger partial charge >= 0.3 is 0 Å². The summed E-state index contributed by atoms with van der Waals surface area (Å²) in [6.07, 6.45) is 2.50. The van der Waals surface area contributed by atoms with Crippen LogP contribution in [-0.2, 0) is 15.5 Å². The summed E-state index contributed by atoms with van der Waals surface area (Å²) in [5.74, 6) is 0.433. The van der Waals surface area contributed by atoms with Gasteiger partial charge in [-0.1, -0.05) is 18.2 Å². The average Bonchev–Trinajstić information content (AvgIpc) is 2.72. The highest BCUT2D eigenvalue weighted by Gasteiger charge is 2.09. The lowest BCUT2D eigenvalue weighted by atomic mass is 10.2. The topological polar surface area (TPSA) is 38.8 Å². The summed E-state index contributed by atoms with van der Waals surface area (Å²) in [6, 6.07) is 13.6. The SMILES string of the molecule is O=S(/C=C/c1ccccc1F)c1ccc(OCCCN2CCOCC2)cc1. The summed E-state index contributed by atoms with van der Waals surface area (Å²) in [5.41, 5.74) is 0.422. The number of hydrogen-bond donors (Lipinski definition) is 0. The highest BCUT2D eigenvalue weighted by molar-refractivity contribution is 7.88. The smallest absolute Gasteiger partial charge is 0.130 e. The molecule has 0 radical (unpaired) electrons. The van der Waals surface area contributed by atoms with Gasteiger partial charge in [-0.15, -0.1) is 0 Å². The van der Waals surface area contributed by atoms with E-state index in [1.54, 1.807) is 36.4 Å². The van der Waals surface area contributed by atoms with Crippen molar-refractivity contribution < 1.29 is 18.1 Å². The first kappa shape index (κ1) is 19.7. The van der Waals surface area contributed by atoms with Gasteiger partial charge in [-0.2, -0.15) is 0 Å². The lowest BCUT2D eigenvalue weighted by Crippen LogP contribution is -2.37. The normalized spacial score (nSPS) is 16.5. The van der Waals surface area contributed by atoms with Gasteiger partial charge in [0.25, 0.3) is 0 Å². The zero-order valence-electron chi connectivity index (χ0n) is 15.2. The zero-order valence-corrected chi connectivity index (χ0v) is 16.0. The number of benzene rings is 2. The van der Waals surface area contributed by atoms with Crippen molar-refractivity contribution in [3.63, 3.8) is 0 Å². The maximum absolute atomic E-state index is 13.6. The van der Waals surface area contributed by atoms with E-state index < -0.39 is 10.8 Å². The first-order valence-electron chi connectivity index (χ1n) is 9.09. The minimum atomic E-state index is -1.33. The van der Waals surface area contributed by atoms with E-state index in [4.69, 9.17) is 9.47 Å². The van der Waals surface area contributed by atoms with Crippen LogP contribution in [0.4, 0.5) is 4.39 Å². The first-order chi connectivity index (χ1) is 13.2. The molecule has 0 bridgehead atoms. The van der Waals surface area contributed by atoms with Crippen molar-refractivity contribution in [2.45, 2.75) is 11.3 Å². The second-order valence-electron chi connectivity index (χ2n) is 6.25. The van der Waals surface area contributed by atoms with Gasteiger partial charge in [0.05, 0.1) is 30.6 Å². The van der Waals surface area contributed by atoms with Crippen molar-refractivity contribution >= 4 is 16.9 Å². The minimum Gasteiger partial charge on any atom is -0.494 e. The number of ether oxygens (including phenoxy) is 2. The summed E-state index contributed by atoms with van der Waals surface area (Å²) in [7, 11) is -1.33. The third-order valence-electron chi connectivity index (χ3n) is 4.32. The van der Waals surface area contributed by atoms with Crippen LogP contribution in [-0.4, -0.2) is 48.6 Å². The Kier molecular flexibility index (Phi) is 7.56. The first-order valence-corrected chi connectivity index (χ1v) is 10.3. The van der Waals surface area contributed by atoms with Crippen LogP contribution in [0, 0.1) is 5.82 Å². The molecule has 1 atom stereocenters. The molecule has 0 saturated carbocycles. The van der Waals surface area contributed by atoms with Gasteiger partial charge in [-0.25, -0.2) is 8.60 Å². The molecule has 6 heteroatoms. The minimum absolute atomic E-state index is 0.327. The molecule has 27 heavy (non-hydrogen) atoms. The predicted molar refractivity (Wildman–Crippen MR) is 106 cm³/mol. The van der Waals surface area contributed by atoms with Crippen molar-refractivity contribution in [1.82, 2.24) is 4.90 Å². The average molecular weight is 389 g/mol. The molecule has 1 saturated heterocycles. The summed E-state index contributed by atoms with van der Waals surface area (Å²) < 4.78 is 37.0. The largest absolute Gasteiger partial charge is 0.494 e. The second-order valence-corrected chi connectivity index (χ2v) is 7.59. The third-order valence-corrected chi connectivity index (χ3v) is 5.44. The number of rotatable bonds is 8. The molecule has 1 aliphatic rings. The van der Waals surface area contributed by atoms with Crippen molar-refractivity contribution in [2.75, 3.05) is 39.5 Å². The van der Waals surface area contributed by atoms with Crippen LogP contribution in [0.2, 0.25) is 0 Å². The number of hydrogen-bond acceptors (Lipinski definition) is 4. The Labute approximate surface area is 162 Å². The van der Waals surface area contributed by atoms with Gasteiger partial charge in [0.15, 0.2) is 0 Å². The third kappa shape index (κ3) is 6.27. The quantitative estimate of drug-likeness (QED) is 0.646. The summed E-state index contributed by atoms with van der Waals surface area (Å²) in [5, 5.41) is 1.50. The Morgan fingerprint density at radius 1 is 1.11 bits per heavy atom. The van der Waals surface area contributed by atoms with Crippen LogP contribution in [0.3, 0.4) is 0 Å². The molecule has 1 unspecified atom stereocenters. The van der Waals surface area contributed by atoms with E-state index in [-0.39, 0.29) is 5.82 Å². The van der Waals surface area contributed by atoms with E-state index in [0.717, 1.165) is 45.0 Å². The molecule has 144 valence electrons. The molecule has 3 rings (SSSR count). The van der Waals surface area contributed by atoms with Crippen LogP contribution in [0.25, 0.3) is 6.08 Å². The van der Waals surface area contributed by atoms with Crippen LogP contribution in [0.5, 0.6) is 5.75 Å². The second kappa shape index (κ2) is 10.3. The molecular weight excluding hydrogens is 365 g/mol. The maximum atomic E-state index is 13.6. The highest BCUT2D eigenvalue weighted by atomic mass is 32.2. The summed E-state index contributed by atoms with van der Waals surface area (Å²) in [6.45, 7) is 5.25. The predicted octanol–water partition coefficient (Wildman–Crippen LogP) is 3.71. The zero-order chi connectivity index (χ0) is 18.9. The van der Waals surface area contributed by atoms with Crippen LogP contribution in [0.1, 0.15) is 12.0 Å². The fourth-order valence-electron chi connectivity index (χ4n) is 2.80. The Bertz CT molecular complexity index is 773. The Balaban J connectivity index is 1.45. The Morgan fingerprint density at radius 3 is 2.59 bits per heavy atom. The molecule has 2 aromatic rings. The molecule has 2 aromatic carbocycles. The summed E-state index contributed by atoms with van der Waals surface area (Å²) >= 11 is 0. The van der Waals surface area contributed by atoms with Gasteiger partial charge in [0.2, 0.25) is 0 Å². The fourth-order valence-corrected chi connectivity index (χ4v) is 3.63. The van der Waals surface area contributed by atoms with Gasteiger partial charge in [-0.3, -0.25) is 4.90 Å². The molecule has 0 aliphatic carbocycles. The number of halogens is 1. The molecular formula is C21H24FNO3S. The van der Waals surface area contributed by atoms with E-state index in [2.05, 4.69) is 4.90 Å². The molecule has 4 nitrogen and oxygen atoms in total. The van der Waals surface area contributed by atoms with Crippen molar-refractivity contribution in [1.29, 1.82) is 0 Å². The van der Waals surface area contributed by atoms with E-state index in [1.807, 2.05) is 12.1 Å². The van der Waals surface area contributed by atoms with E-state index >= 15 is 0 Å². The van der Waals surface area contributed by atoms with Crippen LogP contribution >= 0.6 is 0 Å². The molecule has 1 fully saturated rings. The van der Waals surface area contributed by atoms with Crippen molar-refractivity contribution in [3.05, 3.63) is 65.3 Å². The highest BCUT2D eigenvalue weighted by Crippen LogP contribution is 2.17. The molecule has 0 spiro atoms. The lowest BCUT2D eigenvalue weighted by Gasteiger charge is -2.26. The monoisotopic (exact) mass is 389 g/mol. The lowest BCUT2D eigenvalue weighted by molar-refractivity contribution is 0.0358. The fraction of sp³-hybridized carbons (Fsp3) is 0.333. The van der Waals surface area contributed by atoms with Gasteiger partial charge < -0.3 is 9.47 Å². The molecule has 0 aromatic heterocycles. The van der Waals surface area contributed by atoms with Crippen LogP contribution in [0.15, 0.2) is 58.8 Å². The van der Waals surface area contributed by atoms with Gasteiger partial charge in [-0.05, 0) is 42.8 Å². The summed E-state index contributed by atoms with van der Waals surface area (Å²) in [4.78, 5) is 3.03. The molecule has 0 amide bonds. The van der Waals surface area contributed by atoms with Crippen molar-refractivity contribution in [2.24, 2.45) is 0 Å². The van der Waals surface area contributed by atoms with Crippen molar-refractivity contribution in [3.8, 4) is 5.75 Å². The number of morpholine rings is 1. The molecule has 0 N–H and O–H groups in total. The van der Waals surface area contributed by atoms with E-state index in [1.165, 1.54) is 11.5 Å². The maximum Gasteiger partial charge on any atom is 0.130 e. The number of nitrogens with zero attached hydrogens (tertiary/aromatic N) is 1. The van der Waals surface area contributed by atoms with Crippen LogP contribution < -0.4 is 4.74 Å². The van der Waals surface area contributed by atoms with Gasteiger partial charge in [0.1, 0.15) is 11.6 Å². The Hall–Kier alpha value is -2.02. The standard InChI is InChI=1S/C21H24FNO3S/c22-21-5-2-1-4-18(21)10-17-27(24)20-8-6-19(7-9-20)26-14-3-11-23-12-15-25-16-13-23/h1-2,4-10,17H,3,11-16H2/b17-10+. The molecule has 1 aliphatic heterocycles. The molecule has 1 heterocycles.